The van der Waals surface area contributed by atoms with Crippen molar-refractivity contribution in [2.75, 3.05) is 54.6 Å². The average Bonchev–Trinajstić information content (AvgIpc) is 3.08. The van der Waals surface area contributed by atoms with E-state index in [4.69, 9.17) is 11.6 Å². The number of aliphatic hydroxyl groups is 1. The fraction of sp³-hybridized carbons (Fsp3) is 0.429. The Labute approximate surface area is 235 Å². The second kappa shape index (κ2) is 11.2. The number of hydrogen-bond acceptors (Lipinski definition) is 6. The molecule has 1 saturated heterocycles. The molecule has 2 aromatic rings. The van der Waals surface area contributed by atoms with Crippen molar-refractivity contribution < 1.29 is 23.1 Å². The molecule has 2 aliphatic heterocycles. The predicted molar refractivity (Wildman–Crippen MR) is 154 cm³/mol. The van der Waals surface area contributed by atoms with Crippen LogP contribution >= 0.6 is 11.6 Å². The van der Waals surface area contributed by atoms with Gasteiger partial charge in [-0.2, -0.15) is 0 Å². The highest BCUT2D eigenvalue weighted by atomic mass is 35.5. The lowest BCUT2D eigenvalue weighted by Gasteiger charge is -2.47. The number of likely N-dealkylation sites (tertiary alicyclic amines) is 1. The zero-order valence-electron chi connectivity index (χ0n) is 22.5. The normalized spacial score (nSPS) is 16.6. The molecule has 11 heteroatoms. The standard InChI is InChI=1S/C28H35ClN4O5S/c1-19-14-22(29)10-11-24(19)32(12-7-13-39(4,37)38)21(3)15-33-25-9-6-5-8-23(25)28(26(33)35)17-31(18-28)27(36)30-20(2)16-34/h5-6,8-11,14,20,34H,3,7,12-13,15-18H2,1-2,4H3,(H,30,36). The van der Waals surface area contributed by atoms with Gasteiger partial charge >= 0.3 is 6.03 Å². The molecule has 2 aromatic carbocycles. The number of nitrogens with one attached hydrogen (secondary N) is 1. The van der Waals surface area contributed by atoms with Gasteiger partial charge in [0.25, 0.3) is 0 Å². The van der Waals surface area contributed by atoms with Gasteiger partial charge < -0.3 is 25.1 Å². The van der Waals surface area contributed by atoms with E-state index < -0.39 is 15.3 Å². The number of sulfone groups is 1. The van der Waals surface area contributed by atoms with Crippen molar-refractivity contribution in [2.24, 2.45) is 0 Å². The second-order valence-corrected chi connectivity index (χ2v) is 13.2. The van der Waals surface area contributed by atoms with Crippen LogP contribution in [0.5, 0.6) is 0 Å². The van der Waals surface area contributed by atoms with Gasteiger partial charge in [0.2, 0.25) is 5.91 Å². The molecule has 0 bridgehead atoms. The number of halogens is 1. The van der Waals surface area contributed by atoms with Gasteiger partial charge in [0, 0.05) is 48.0 Å². The van der Waals surface area contributed by atoms with E-state index in [0.29, 0.717) is 23.7 Å². The van der Waals surface area contributed by atoms with Crippen molar-refractivity contribution in [2.45, 2.75) is 31.7 Å². The van der Waals surface area contributed by atoms with E-state index >= 15 is 0 Å². The van der Waals surface area contributed by atoms with Crippen LogP contribution in [-0.2, 0) is 20.0 Å². The number of aryl methyl sites for hydroxylation is 1. The van der Waals surface area contributed by atoms with E-state index in [1.54, 1.807) is 22.8 Å². The minimum Gasteiger partial charge on any atom is -0.394 e. The molecule has 39 heavy (non-hydrogen) atoms. The first kappa shape index (κ1) is 28.9. The Balaban J connectivity index is 1.57. The highest BCUT2D eigenvalue weighted by molar-refractivity contribution is 7.90. The van der Waals surface area contributed by atoms with Crippen molar-refractivity contribution in [1.29, 1.82) is 0 Å². The molecular weight excluding hydrogens is 540 g/mol. The number of nitrogens with zero attached hydrogens (tertiary/aromatic N) is 3. The van der Waals surface area contributed by atoms with Crippen molar-refractivity contribution in [1.82, 2.24) is 10.2 Å². The SMILES string of the molecule is C=C(CN1C(=O)C2(CN(C(=O)NC(C)CO)C2)c2ccccc21)N(CCCS(C)(=O)=O)c1ccc(Cl)cc1C. The highest BCUT2D eigenvalue weighted by Crippen LogP contribution is 2.47. The van der Waals surface area contributed by atoms with Crippen LogP contribution in [0.3, 0.4) is 0 Å². The largest absolute Gasteiger partial charge is 0.394 e. The van der Waals surface area contributed by atoms with Crippen LogP contribution in [0.25, 0.3) is 0 Å². The summed E-state index contributed by atoms with van der Waals surface area (Å²) in [6, 6.07) is 12.4. The maximum Gasteiger partial charge on any atom is 0.317 e. The van der Waals surface area contributed by atoms with E-state index in [1.165, 1.54) is 6.26 Å². The lowest BCUT2D eigenvalue weighted by Crippen LogP contribution is -2.67. The summed E-state index contributed by atoms with van der Waals surface area (Å²) >= 11 is 6.18. The molecule has 1 fully saturated rings. The van der Waals surface area contributed by atoms with E-state index in [9.17, 15) is 23.1 Å². The third-order valence-electron chi connectivity index (χ3n) is 7.29. The zero-order chi connectivity index (χ0) is 28.5. The van der Waals surface area contributed by atoms with Gasteiger partial charge in [0.1, 0.15) is 15.3 Å². The van der Waals surface area contributed by atoms with Crippen molar-refractivity contribution >= 4 is 44.8 Å². The number of hydrogen-bond donors (Lipinski definition) is 2. The van der Waals surface area contributed by atoms with Gasteiger partial charge in [-0.1, -0.05) is 36.4 Å². The minimum atomic E-state index is -3.14. The number of aliphatic hydroxyl groups excluding tert-OH is 1. The predicted octanol–water partition coefficient (Wildman–Crippen LogP) is 3.09. The van der Waals surface area contributed by atoms with Crippen LogP contribution in [0.2, 0.25) is 5.02 Å². The Kier molecular flexibility index (Phi) is 8.30. The van der Waals surface area contributed by atoms with Gasteiger partial charge in [-0.05, 0) is 55.7 Å². The molecular formula is C28H35ClN4O5S. The quantitative estimate of drug-likeness (QED) is 0.451. The fourth-order valence-electron chi connectivity index (χ4n) is 5.28. The lowest BCUT2D eigenvalue weighted by molar-refractivity contribution is -0.127. The van der Waals surface area contributed by atoms with Crippen LogP contribution in [-0.4, -0.2) is 81.2 Å². The summed E-state index contributed by atoms with van der Waals surface area (Å²) in [6.07, 6.45) is 1.61. The Bertz CT molecular complexity index is 1390. The second-order valence-electron chi connectivity index (χ2n) is 10.5. The molecule has 2 heterocycles. The number of amides is 3. The third-order valence-corrected chi connectivity index (χ3v) is 8.55. The van der Waals surface area contributed by atoms with E-state index in [-0.39, 0.29) is 50.0 Å². The number of para-hydroxylation sites is 1. The topological polar surface area (TPSA) is 110 Å². The molecule has 1 atom stereocenters. The Morgan fingerprint density at radius 3 is 2.59 bits per heavy atom. The molecule has 210 valence electrons. The number of urea groups is 1. The van der Waals surface area contributed by atoms with E-state index in [1.807, 2.05) is 48.2 Å². The fourth-order valence-corrected chi connectivity index (χ4v) is 6.16. The van der Waals surface area contributed by atoms with Crippen LogP contribution in [0, 0.1) is 6.92 Å². The third kappa shape index (κ3) is 5.92. The maximum atomic E-state index is 13.9. The Hall–Kier alpha value is -3.08. The molecule has 2 aliphatic rings. The van der Waals surface area contributed by atoms with Gasteiger partial charge in [0.05, 0.1) is 24.9 Å². The summed E-state index contributed by atoms with van der Waals surface area (Å²) in [5.41, 5.74) is 3.19. The number of benzene rings is 2. The molecule has 4 rings (SSSR count). The smallest absolute Gasteiger partial charge is 0.317 e. The van der Waals surface area contributed by atoms with Crippen molar-refractivity contribution in [3.63, 3.8) is 0 Å². The zero-order valence-corrected chi connectivity index (χ0v) is 24.1. The summed E-state index contributed by atoms with van der Waals surface area (Å²) in [7, 11) is -3.14. The molecule has 2 N–H and O–H groups in total. The number of rotatable bonds is 10. The Morgan fingerprint density at radius 1 is 1.26 bits per heavy atom. The van der Waals surface area contributed by atoms with Gasteiger partial charge in [-0.3, -0.25) is 4.79 Å². The average molecular weight is 575 g/mol. The Morgan fingerprint density at radius 2 is 1.95 bits per heavy atom. The lowest BCUT2D eigenvalue weighted by atomic mass is 9.75. The number of carbonyl (C=O) groups is 2. The van der Waals surface area contributed by atoms with Crippen LogP contribution in [0.1, 0.15) is 24.5 Å². The highest BCUT2D eigenvalue weighted by Gasteiger charge is 2.59. The monoisotopic (exact) mass is 574 g/mol. The first-order valence-electron chi connectivity index (χ1n) is 12.8. The van der Waals surface area contributed by atoms with E-state index in [2.05, 4.69) is 11.9 Å². The maximum absolute atomic E-state index is 13.9. The minimum absolute atomic E-state index is 0.0325. The molecule has 1 unspecified atom stereocenters. The molecule has 0 aromatic heterocycles. The van der Waals surface area contributed by atoms with Gasteiger partial charge in [-0.15, -0.1) is 0 Å². The molecule has 3 amide bonds. The number of carbonyl (C=O) groups excluding carboxylic acids is 2. The number of anilines is 2. The molecule has 9 nitrogen and oxygen atoms in total. The van der Waals surface area contributed by atoms with Gasteiger partial charge in [0.15, 0.2) is 0 Å². The van der Waals surface area contributed by atoms with E-state index in [0.717, 1.165) is 22.5 Å². The summed E-state index contributed by atoms with van der Waals surface area (Å²) < 4.78 is 23.6. The first-order valence-corrected chi connectivity index (χ1v) is 15.3. The summed E-state index contributed by atoms with van der Waals surface area (Å²) in [5, 5.41) is 12.6. The van der Waals surface area contributed by atoms with Crippen LogP contribution in [0.15, 0.2) is 54.7 Å². The van der Waals surface area contributed by atoms with Crippen LogP contribution < -0.4 is 15.1 Å². The number of fused-ring (bicyclic) bond motifs is 2. The van der Waals surface area contributed by atoms with Crippen molar-refractivity contribution in [3.05, 3.63) is 70.9 Å². The summed E-state index contributed by atoms with van der Waals surface area (Å²) in [4.78, 5) is 31.8. The van der Waals surface area contributed by atoms with Crippen LogP contribution in [0.4, 0.5) is 16.2 Å². The summed E-state index contributed by atoms with van der Waals surface area (Å²) in [5.74, 6) is -0.0711. The molecule has 1 spiro atoms. The molecule has 0 aliphatic carbocycles. The van der Waals surface area contributed by atoms with Gasteiger partial charge in [-0.25, -0.2) is 13.2 Å². The molecule has 0 radical (unpaired) electrons. The summed E-state index contributed by atoms with van der Waals surface area (Å²) in [6.45, 7) is 8.86. The first-order chi connectivity index (χ1) is 18.4. The van der Waals surface area contributed by atoms with Crippen molar-refractivity contribution in [3.8, 4) is 0 Å². The molecule has 0 saturated carbocycles.